The fourth-order valence-corrected chi connectivity index (χ4v) is 3.07. The largest absolute Gasteiger partial charge is 0.331 e. The van der Waals surface area contributed by atoms with Crippen molar-refractivity contribution in [2.75, 3.05) is 18.1 Å². The van der Waals surface area contributed by atoms with E-state index in [0.717, 1.165) is 18.5 Å². The van der Waals surface area contributed by atoms with E-state index in [1.54, 1.807) is 16.7 Å². The summed E-state index contributed by atoms with van der Waals surface area (Å²) in [5, 5.41) is 3.34. The summed E-state index contributed by atoms with van der Waals surface area (Å²) in [7, 11) is 0. The molecule has 0 spiro atoms. The molecule has 2 amide bonds. The molecule has 1 aromatic rings. The molecular weight excluding hydrogens is 284 g/mol. The van der Waals surface area contributed by atoms with Crippen LogP contribution in [0.4, 0.5) is 5.69 Å². The maximum Gasteiger partial charge on any atom is 0.247 e. The van der Waals surface area contributed by atoms with Gasteiger partial charge in [-0.2, -0.15) is 11.8 Å². The van der Waals surface area contributed by atoms with Gasteiger partial charge in [-0.15, -0.1) is 0 Å². The number of hydrogen-bond donors (Lipinski definition) is 1. The maximum atomic E-state index is 12.4. The zero-order chi connectivity index (χ0) is 15.4. The van der Waals surface area contributed by atoms with E-state index < -0.39 is 0 Å². The lowest BCUT2D eigenvalue weighted by atomic mass is 10.1. The van der Waals surface area contributed by atoms with E-state index in [1.165, 1.54) is 12.5 Å². The maximum absolute atomic E-state index is 12.4. The van der Waals surface area contributed by atoms with Gasteiger partial charge in [0.05, 0.1) is 0 Å². The molecule has 0 bridgehead atoms. The van der Waals surface area contributed by atoms with Gasteiger partial charge in [-0.1, -0.05) is 12.1 Å². The first-order chi connectivity index (χ1) is 10.0. The lowest BCUT2D eigenvalue weighted by molar-refractivity contribution is -0.134. The second-order valence-electron chi connectivity index (χ2n) is 5.36. The van der Waals surface area contributed by atoms with Crippen LogP contribution in [0.5, 0.6) is 0 Å². The summed E-state index contributed by atoms with van der Waals surface area (Å²) in [5.74, 6) is -0.117. The van der Waals surface area contributed by atoms with Gasteiger partial charge >= 0.3 is 0 Å². The van der Waals surface area contributed by atoms with E-state index in [-0.39, 0.29) is 17.9 Å². The van der Waals surface area contributed by atoms with Crippen molar-refractivity contribution in [1.29, 1.82) is 0 Å². The van der Waals surface area contributed by atoms with Gasteiger partial charge in [-0.05, 0) is 43.7 Å². The van der Waals surface area contributed by atoms with E-state index in [2.05, 4.69) is 24.6 Å². The van der Waals surface area contributed by atoms with E-state index in [1.807, 2.05) is 18.2 Å². The summed E-state index contributed by atoms with van der Waals surface area (Å²) >= 11 is 1.77. The normalized spacial score (nSPS) is 19.4. The third-order valence-corrected chi connectivity index (χ3v) is 4.92. The second kappa shape index (κ2) is 6.98. The number of likely N-dealkylation sites (tertiary alicyclic amines) is 1. The molecule has 1 N–H and O–H groups in total. The summed E-state index contributed by atoms with van der Waals surface area (Å²) < 4.78 is 0. The van der Waals surface area contributed by atoms with Crippen LogP contribution in [0.25, 0.3) is 0 Å². The molecule has 1 heterocycles. The lowest BCUT2D eigenvalue weighted by Crippen LogP contribution is -2.42. The first kappa shape index (κ1) is 15.9. The number of carbonyl (C=O) groups is 2. The van der Waals surface area contributed by atoms with Crippen molar-refractivity contribution in [3.05, 3.63) is 29.8 Å². The van der Waals surface area contributed by atoms with Crippen LogP contribution in [0.3, 0.4) is 0 Å². The van der Waals surface area contributed by atoms with E-state index in [9.17, 15) is 9.59 Å². The van der Waals surface area contributed by atoms with Crippen LogP contribution in [-0.4, -0.2) is 35.6 Å². The average molecular weight is 306 g/mol. The Labute approximate surface area is 130 Å². The van der Waals surface area contributed by atoms with Gasteiger partial charge in [-0.3, -0.25) is 9.59 Å². The van der Waals surface area contributed by atoms with Gasteiger partial charge in [0.1, 0.15) is 6.04 Å². The smallest absolute Gasteiger partial charge is 0.247 e. The van der Waals surface area contributed by atoms with Crippen LogP contribution in [0.1, 0.15) is 37.5 Å². The van der Waals surface area contributed by atoms with Crippen molar-refractivity contribution < 1.29 is 9.59 Å². The summed E-state index contributed by atoms with van der Waals surface area (Å²) in [5.41, 5.74) is 1.99. The number of hydrogen-bond acceptors (Lipinski definition) is 3. The summed E-state index contributed by atoms with van der Waals surface area (Å²) in [6, 6.07) is 7.58. The SMILES string of the molecule is CSC(C)c1cccc(NC(=O)[C@@H]2CCCN2C(C)=O)c1. The van der Waals surface area contributed by atoms with Crippen LogP contribution < -0.4 is 5.32 Å². The van der Waals surface area contributed by atoms with Crippen molar-refractivity contribution in [2.45, 2.75) is 38.0 Å². The highest BCUT2D eigenvalue weighted by Gasteiger charge is 2.32. The Morgan fingerprint density at radius 3 is 2.86 bits per heavy atom. The van der Waals surface area contributed by atoms with Gasteiger partial charge in [0, 0.05) is 24.4 Å². The van der Waals surface area contributed by atoms with Gasteiger partial charge in [0.25, 0.3) is 0 Å². The van der Waals surface area contributed by atoms with Crippen molar-refractivity contribution >= 4 is 29.3 Å². The number of benzene rings is 1. The first-order valence-electron chi connectivity index (χ1n) is 7.23. The topological polar surface area (TPSA) is 49.4 Å². The van der Waals surface area contributed by atoms with Crippen LogP contribution in [-0.2, 0) is 9.59 Å². The standard InChI is InChI=1S/C16H22N2O2S/c1-11(21-3)13-6-4-7-14(10-13)17-16(20)15-8-5-9-18(15)12(2)19/h4,6-7,10-11,15H,5,8-9H2,1-3H3,(H,17,20)/t11?,15-/m0/s1. The molecule has 1 aliphatic heterocycles. The number of rotatable bonds is 4. The Morgan fingerprint density at radius 1 is 1.43 bits per heavy atom. The number of anilines is 1. The zero-order valence-corrected chi connectivity index (χ0v) is 13.6. The van der Waals surface area contributed by atoms with Crippen LogP contribution in [0.15, 0.2) is 24.3 Å². The molecule has 1 saturated heterocycles. The fourth-order valence-electron chi connectivity index (χ4n) is 2.65. The molecule has 1 aliphatic rings. The summed E-state index contributed by atoms with van der Waals surface area (Å²) in [6.45, 7) is 4.34. The molecule has 5 heteroatoms. The molecule has 1 fully saturated rings. The zero-order valence-electron chi connectivity index (χ0n) is 12.8. The van der Waals surface area contributed by atoms with Gasteiger partial charge in [-0.25, -0.2) is 0 Å². The van der Waals surface area contributed by atoms with Crippen molar-refractivity contribution in [3.63, 3.8) is 0 Å². The number of amides is 2. The van der Waals surface area contributed by atoms with Gasteiger partial charge in [0.15, 0.2) is 0 Å². The third kappa shape index (κ3) is 3.79. The van der Waals surface area contributed by atoms with E-state index in [0.29, 0.717) is 11.8 Å². The van der Waals surface area contributed by atoms with Crippen molar-refractivity contribution in [1.82, 2.24) is 4.90 Å². The minimum absolute atomic E-state index is 0.0302. The highest BCUT2D eigenvalue weighted by molar-refractivity contribution is 7.98. The second-order valence-corrected chi connectivity index (χ2v) is 6.54. The van der Waals surface area contributed by atoms with Crippen molar-refractivity contribution in [3.8, 4) is 0 Å². The monoisotopic (exact) mass is 306 g/mol. The molecule has 0 saturated carbocycles. The van der Waals surface area contributed by atoms with E-state index >= 15 is 0 Å². The predicted octanol–water partition coefficient (Wildman–Crippen LogP) is 3.06. The molecule has 0 aliphatic carbocycles. The molecule has 2 rings (SSSR count). The van der Waals surface area contributed by atoms with Crippen LogP contribution >= 0.6 is 11.8 Å². The molecular formula is C16H22N2O2S. The molecule has 2 atom stereocenters. The lowest BCUT2D eigenvalue weighted by Gasteiger charge is -2.22. The molecule has 0 aromatic heterocycles. The number of nitrogens with one attached hydrogen (secondary N) is 1. The van der Waals surface area contributed by atoms with Gasteiger partial charge < -0.3 is 10.2 Å². The molecule has 114 valence electrons. The average Bonchev–Trinajstić information content (AvgIpc) is 2.96. The highest BCUT2D eigenvalue weighted by Crippen LogP contribution is 2.27. The summed E-state index contributed by atoms with van der Waals surface area (Å²) in [4.78, 5) is 25.6. The first-order valence-corrected chi connectivity index (χ1v) is 8.52. The van der Waals surface area contributed by atoms with E-state index in [4.69, 9.17) is 0 Å². The minimum Gasteiger partial charge on any atom is -0.331 e. The number of nitrogens with zero attached hydrogens (tertiary/aromatic N) is 1. The molecule has 1 unspecified atom stereocenters. The van der Waals surface area contributed by atoms with Crippen LogP contribution in [0.2, 0.25) is 0 Å². The third-order valence-electron chi connectivity index (χ3n) is 3.94. The van der Waals surface area contributed by atoms with Gasteiger partial charge in [0.2, 0.25) is 11.8 Å². The summed E-state index contributed by atoms with van der Waals surface area (Å²) in [6.07, 6.45) is 3.70. The molecule has 1 aromatic carbocycles. The van der Waals surface area contributed by atoms with Crippen molar-refractivity contribution in [2.24, 2.45) is 0 Å². The molecule has 0 radical (unpaired) electrons. The molecule has 21 heavy (non-hydrogen) atoms. The number of thioether (sulfide) groups is 1. The Bertz CT molecular complexity index is 533. The predicted molar refractivity (Wildman–Crippen MR) is 87.4 cm³/mol. The fraction of sp³-hybridized carbons (Fsp3) is 0.500. The number of carbonyl (C=O) groups excluding carboxylic acids is 2. The Kier molecular flexibility index (Phi) is 5.28. The Hall–Kier alpha value is -1.49. The Morgan fingerprint density at radius 2 is 2.19 bits per heavy atom. The molecule has 4 nitrogen and oxygen atoms in total. The van der Waals surface area contributed by atoms with Crippen LogP contribution in [0, 0.1) is 0 Å². The highest BCUT2D eigenvalue weighted by atomic mass is 32.2. The quantitative estimate of drug-likeness (QED) is 0.930. The minimum atomic E-state index is -0.330. The Balaban J connectivity index is 2.07.